The van der Waals surface area contributed by atoms with Crippen molar-refractivity contribution >= 4 is 29.9 Å². The average molecular weight is 533 g/mol. The van der Waals surface area contributed by atoms with Gasteiger partial charge in [-0.1, -0.05) is 33.8 Å². The second-order valence-electron chi connectivity index (χ2n) is 8.99. The van der Waals surface area contributed by atoms with Gasteiger partial charge in [-0.25, -0.2) is 0 Å². The van der Waals surface area contributed by atoms with Crippen molar-refractivity contribution < 1.29 is 9.47 Å². The third-order valence-corrected chi connectivity index (χ3v) is 5.64. The molecule has 2 N–H and O–H groups in total. The molecule has 0 bridgehead atoms. The molecular weight excluding hydrogens is 491 g/mol. The van der Waals surface area contributed by atoms with Crippen molar-refractivity contribution in [1.29, 1.82) is 0 Å². The van der Waals surface area contributed by atoms with Crippen LogP contribution in [0.4, 0.5) is 0 Å². The van der Waals surface area contributed by atoms with Crippen LogP contribution in [-0.4, -0.2) is 64.3 Å². The summed E-state index contributed by atoms with van der Waals surface area (Å²) >= 11 is 0. The summed E-state index contributed by atoms with van der Waals surface area (Å²) in [6, 6.07) is 6.60. The summed E-state index contributed by atoms with van der Waals surface area (Å²) in [6.45, 7) is 13.3. The lowest BCUT2D eigenvalue weighted by Crippen LogP contribution is -2.50. The number of rotatable bonds is 8. The van der Waals surface area contributed by atoms with Gasteiger partial charge in [-0.15, -0.1) is 24.0 Å². The third kappa shape index (κ3) is 7.80. The molecule has 0 aliphatic carbocycles. The number of likely N-dealkylation sites (tertiary alicyclic amines) is 1. The first kappa shape index (κ1) is 26.8. The van der Waals surface area contributed by atoms with Crippen LogP contribution in [0.15, 0.2) is 23.2 Å². The van der Waals surface area contributed by atoms with Crippen LogP contribution < -0.4 is 20.1 Å². The molecule has 1 heterocycles. The third-order valence-electron chi connectivity index (χ3n) is 5.64. The molecule has 1 aromatic carbocycles. The van der Waals surface area contributed by atoms with Crippen molar-refractivity contribution in [3.05, 3.63) is 23.8 Å². The number of ether oxygens (including phenoxy) is 2. The highest BCUT2D eigenvalue weighted by molar-refractivity contribution is 14.0. The Kier molecular flexibility index (Phi) is 11.3. The van der Waals surface area contributed by atoms with Crippen molar-refractivity contribution in [3.8, 4) is 11.5 Å². The highest BCUT2D eigenvalue weighted by Crippen LogP contribution is 2.32. The molecule has 172 valence electrons. The smallest absolute Gasteiger partial charge is 0.191 e. The van der Waals surface area contributed by atoms with E-state index >= 15 is 0 Å². The van der Waals surface area contributed by atoms with E-state index in [1.807, 2.05) is 13.1 Å². The molecule has 7 heteroatoms. The van der Waals surface area contributed by atoms with Crippen LogP contribution in [-0.2, 0) is 5.41 Å². The molecule has 0 aromatic heterocycles. The molecule has 1 aromatic rings. The molecule has 0 saturated carbocycles. The van der Waals surface area contributed by atoms with Crippen molar-refractivity contribution in [2.75, 3.05) is 47.4 Å². The van der Waals surface area contributed by atoms with E-state index in [1.54, 1.807) is 14.2 Å². The number of methoxy groups -OCH3 is 2. The van der Waals surface area contributed by atoms with Gasteiger partial charge in [0.25, 0.3) is 0 Å². The van der Waals surface area contributed by atoms with Crippen LogP contribution in [0.1, 0.15) is 46.1 Å². The summed E-state index contributed by atoms with van der Waals surface area (Å²) in [5.74, 6) is 3.11. The van der Waals surface area contributed by atoms with Gasteiger partial charge in [0.1, 0.15) is 0 Å². The fourth-order valence-corrected chi connectivity index (χ4v) is 3.83. The minimum Gasteiger partial charge on any atom is -0.493 e. The Bertz CT molecular complexity index is 671. The zero-order valence-corrected chi connectivity index (χ0v) is 22.1. The maximum absolute atomic E-state index is 5.47. The highest BCUT2D eigenvalue weighted by Gasteiger charge is 2.24. The van der Waals surface area contributed by atoms with Gasteiger partial charge >= 0.3 is 0 Å². The number of aliphatic imine (C=N–C) groups is 1. The highest BCUT2D eigenvalue weighted by atomic mass is 127. The topological polar surface area (TPSA) is 58.1 Å². The Hall–Kier alpha value is -1.22. The van der Waals surface area contributed by atoms with Crippen LogP contribution >= 0.6 is 24.0 Å². The first-order valence-electron chi connectivity index (χ1n) is 10.7. The first-order chi connectivity index (χ1) is 13.8. The molecule has 0 radical (unpaired) electrons. The largest absolute Gasteiger partial charge is 0.493 e. The lowest BCUT2D eigenvalue weighted by molar-refractivity contribution is 0.187. The van der Waals surface area contributed by atoms with Gasteiger partial charge < -0.3 is 25.0 Å². The predicted molar refractivity (Wildman–Crippen MR) is 137 cm³/mol. The summed E-state index contributed by atoms with van der Waals surface area (Å²) in [4.78, 5) is 7.01. The minimum absolute atomic E-state index is 0. The summed E-state index contributed by atoms with van der Waals surface area (Å²) < 4.78 is 10.8. The summed E-state index contributed by atoms with van der Waals surface area (Å²) in [5, 5.41) is 7.13. The number of halogens is 1. The van der Waals surface area contributed by atoms with E-state index in [0.717, 1.165) is 55.9 Å². The van der Waals surface area contributed by atoms with Gasteiger partial charge in [0.2, 0.25) is 0 Å². The Labute approximate surface area is 200 Å². The number of hydrogen-bond donors (Lipinski definition) is 2. The van der Waals surface area contributed by atoms with Gasteiger partial charge in [-0.2, -0.15) is 0 Å². The Morgan fingerprint density at radius 1 is 1.17 bits per heavy atom. The summed E-state index contributed by atoms with van der Waals surface area (Å²) in [7, 11) is 5.17. The minimum atomic E-state index is -0.0855. The number of hydrogen-bond acceptors (Lipinski definition) is 4. The van der Waals surface area contributed by atoms with E-state index in [-0.39, 0.29) is 29.4 Å². The second-order valence-corrected chi connectivity index (χ2v) is 8.99. The summed E-state index contributed by atoms with van der Waals surface area (Å²) in [6.07, 6.45) is 2.32. The normalized spacial score (nSPS) is 16.2. The van der Waals surface area contributed by atoms with E-state index in [9.17, 15) is 0 Å². The first-order valence-corrected chi connectivity index (χ1v) is 10.7. The monoisotopic (exact) mass is 532 g/mol. The zero-order chi connectivity index (χ0) is 21.4. The molecule has 6 nitrogen and oxygen atoms in total. The molecule has 0 unspecified atom stereocenters. The molecular formula is C23H41IN4O2. The molecule has 0 atom stereocenters. The number of nitrogens with one attached hydrogen (secondary N) is 2. The standard InChI is InChI=1S/C23H40N4O2.HI/c1-17(2)15-27-12-10-19(11-13-27)26-22(24-5)25-16-23(3,4)18-8-9-20(28-6)21(14-18)29-7;/h8-9,14,17,19H,10-13,15-16H2,1-7H3,(H2,24,25,26);1H. The van der Waals surface area contributed by atoms with Crippen molar-refractivity contribution in [3.63, 3.8) is 0 Å². The van der Waals surface area contributed by atoms with E-state index in [0.29, 0.717) is 6.04 Å². The SMILES string of the molecule is CN=C(NCC(C)(C)c1ccc(OC)c(OC)c1)NC1CCN(CC(C)C)CC1.I. The van der Waals surface area contributed by atoms with Gasteiger partial charge in [0.05, 0.1) is 14.2 Å². The maximum atomic E-state index is 5.47. The van der Waals surface area contributed by atoms with E-state index in [2.05, 4.69) is 60.4 Å². The Morgan fingerprint density at radius 3 is 2.33 bits per heavy atom. The molecule has 1 saturated heterocycles. The molecule has 1 aliphatic rings. The van der Waals surface area contributed by atoms with Crippen molar-refractivity contribution in [1.82, 2.24) is 15.5 Å². The lowest BCUT2D eigenvalue weighted by atomic mass is 9.84. The van der Waals surface area contributed by atoms with E-state index in [4.69, 9.17) is 9.47 Å². The van der Waals surface area contributed by atoms with Gasteiger partial charge in [-0.05, 0) is 36.5 Å². The molecule has 0 spiro atoms. The molecule has 1 aliphatic heterocycles. The number of piperidine rings is 1. The number of nitrogens with zero attached hydrogens (tertiary/aromatic N) is 2. The van der Waals surface area contributed by atoms with Gasteiger partial charge in [-0.3, -0.25) is 4.99 Å². The van der Waals surface area contributed by atoms with Gasteiger partial charge in [0, 0.05) is 44.7 Å². The fourth-order valence-electron chi connectivity index (χ4n) is 3.83. The molecule has 2 rings (SSSR count). The second kappa shape index (κ2) is 12.6. The molecule has 1 fully saturated rings. The van der Waals surface area contributed by atoms with Crippen LogP contribution in [0.3, 0.4) is 0 Å². The van der Waals surface area contributed by atoms with Crippen LogP contribution in [0.25, 0.3) is 0 Å². The molecule has 30 heavy (non-hydrogen) atoms. The zero-order valence-electron chi connectivity index (χ0n) is 19.7. The van der Waals surface area contributed by atoms with E-state index in [1.165, 1.54) is 12.1 Å². The quantitative estimate of drug-likeness (QED) is 0.303. The van der Waals surface area contributed by atoms with E-state index < -0.39 is 0 Å². The van der Waals surface area contributed by atoms with Crippen LogP contribution in [0.5, 0.6) is 11.5 Å². The van der Waals surface area contributed by atoms with Gasteiger partial charge in [0.15, 0.2) is 17.5 Å². The average Bonchev–Trinajstić information content (AvgIpc) is 2.71. The maximum Gasteiger partial charge on any atom is 0.191 e. The van der Waals surface area contributed by atoms with Crippen molar-refractivity contribution in [2.45, 2.75) is 52.0 Å². The van der Waals surface area contributed by atoms with Crippen LogP contribution in [0, 0.1) is 5.92 Å². The van der Waals surface area contributed by atoms with Crippen LogP contribution in [0.2, 0.25) is 0 Å². The Morgan fingerprint density at radius 2 is 1.80 bits per heavy atom. The summed E-state index contributed by atoms with van der Waals surface area (Å²) in [5.41, 5.74) is 1.11. The fraction of sp³-hybridized carbons (Fsp3) is 0.696. The number of guanidine groups is 1. The van der Waals surface area contributed by atoms with Crippen molar-refractivity contribution in [2.24, 2.45) is 10.9 Å². The Balaban J connectivity index is 0.00000450. The lowest BCUT2D eigenvalue weighted by Gasteiger charge is -2.34. The number of benzene rings is 1. The molecule has 0 amide bonds. The predicted octanol–water partition coefficient (Wildman–Crippen LogP) is 3.88.